The average molecular weight is 412 g/mol. The molecule has 1 aliphatic rings. The summed E-state index contributed by atoms with van der Waals surface area (Å²) in [5, 5.41) is 3.31. The van der Waals surface area contributed by atoms with Crippen molar-refractivity contribution in [2.75, 3.05) is 6.54 Å². The molecule has 2 amide bonds. The molecule has 1 aromatic heterocycles. The van der Waals surface area contributed by atoms with Crippen molar-refractivity contribution in [3.05, 3.63) is 57.4 Å². The van der Waals surface area contributed by atoms with Gasteiger partial charge in [0.05, 0.1) is 18.4 Å². The average Bonchev–Trinajstić information content (AvgIpc) is 3.25. The van der Waals surface area contributed by atoms with Crippen LogP contribution in [-0.4, -0.2) is 29.3 Å². The normalized spacial score (nSPS) is 17.1. The lowest BCUT2D eigenvalue weighted by Gasteiger charge is -2.24. The van der Waals surface area contributed by atoms with E-state index in [9.17, 15) is 9.59 Å². The predicted octanol–water partition coefficient (Wildman–Crippen LogP) is 3.62. The first-order valence-electron chi connectivity index (χ1n) is 7.62. The number of rotatable bonds is 4. The first kappa shape index (κ1) is 17.0. The number of hydrogen-bond donors (Lipinski definition) is 1. The Bertz CT molecular complexity index is 748. The highest BCUT2D eigenvalue weighted by atomic mass is 79.9. The van der Waals surface area contributed by atoms with E-state index < -0.39 is 6.04 Å². The smallest absolute Gasteiger partial charge is 0.255 e. The van der Waals surface area contributed by atoms with Crippen LogP contribution in [-0.2, 0) is 11.3 Å². The highest BCUT2D eigenvalue weighted by Crippen LogP contribution is 2.26. The zero-order valence-corrected chi connectivity index (χ0v) is 15.1. The molecular formula is C17H16BrClN2O3. The summed E-state index contributed by atoms with van der Waals surface area (Å²) in [6.45, 7) is 0.863. The van der Waals surface area contributed by atoms with E-state index in [0.29, 0.717) is 40.3 Å². The summed E-state index contributed by atoms with van der Waals surface area (Å²) in [7, 11) is 0. The summed E-state index contributed by atoms with van der Waals surface area (Å²) >= 11 is 9.36. The fraction of sp³-hybridized carbons (Fsp3) is 0.294. The van der Waals surface area contributed by atoms with Crippen LogP contribution in [0.5, 0.6) is 0 Å². The molecule has 3 rings (SSSR count). The van der Waals surface area contributed by atoms with Gasteiger partial charge in [0.25, 0.3) is 5.91 Å². The number of halogens is 2. The number of furan rings is 1. The van der Waals surface area contributed by atoms with Crippen LogP contribution in [0.15, 0.2) is 45.5 Å². The van der Waals surface area contributed by atoms with Crippen LogP contribution >= 0.6 is 27.5 Å². The van der Waals surface area contributed by atoms with Crippen molar-refractivity contribution >= 4 is 39.3 Å². The van der Waals surface area contributed by atoms with Gasteiger partial charge in [-0.2, -0.15) is 0 Å². The number of amides is 2. The van der Waals surface area contributed by atoms with E-state index in [1.54, 1.807) is 41.5 Å². The second kappa shape index (κ2) is 7.40. The van der Waals surface area contributed by atoms with E-state index in [1.165, 1.54) is 0 Å². The Balaban J connectivity index is 1.71. The molecule has 0 bridgehead atoms. The minimum absolute atomic E-state index is 0.171. The molecular weight excluding hydrogens is 396 g/mol. The lowest BCUT2D eigenvalue weighted by Crippen LogP contribution is -2.45. The topological polar surface area (TPSA) is 62.6 Å². The van der Waals surface area contributed by atoms with Crippen LogP contribution in [0.4, 0.5) is 0 Å². The molecule has 1 aliphatic heterocycles. The zero-order chi connectivity index (χ0) is 17.1. The number of hydrogen-bond acceptors (Lipinski definition) is 3. The first-order chi connectivity index (χ1) is 11.6. The van der Waals surface area contributed by atoms with Crippen molar-refractivity contribution in [3.8, 4) is 0 Å². The fourth-order valence-corrected chi connectivity index (χ4v) is 3.39. The number of nitrogens with one attached hydrogen (secondary N) is 1. The quantitative estimate of drug-likeness (QED) is 0.836. The molecule has 0 spiro atoms. The van der Waals surface area contributed by atoms with E-state index in [-0.39, 0.29) is 11.8 Å². The molecule has 5 nitrogen and oxygen atoms in total. The van der Waals surface area contributed by atoms with E-state index in [2.05, 4.69) is 21.2 Å². The third-order valence-electron chi connectivity index (χ3n) is 3.99. The molecule has 1 saturated heterocycles. The molecule has 2 heterocycles. The Labute approximate surface area is 153 Å². The van der Waals surface area contributed by atoms with Crippen LogP contribution < -0.4 is 5.32 Å². The monoisotopic (exact) mass is 410 g/mol. The minimum Gasteiger partial charge on any atom is -0.467 e. The maximum atomic E-state index is 12.8. The minimum atomic E-state index is -0.474. The first-order valence-corrected chi connectivity index (χ1v) is 8.79. The lowest BCUT2D eigenvalue weighted by molar-refractivity contribution is -0.125. The highest BCUT2D eigenvalue weighted by molar-refractivity contribution is 9.10. The molecule has 0 saturated carbocycles. The van der Waals surface area contributed by atoms with E-state index in [4.69, 9.17) is 16.0 Å². The molecule has 1 fully saturated rings. The SMILES string of the molecule is O=C(NCc1ccco1)C1CCCN1C(=O)c1cc(Cl)ccc1Br. The Hall–Kier alpha value is -1.79. The van der Waals surface area contributed by atoms with Crippen molar-refractivity contribution in [1.29, 1.82) is 0 Å². The summed E-state index contributed by atoms with van der Waals surface area (Å²) in [4.78, 5) is 26.9. The molecule has 1 atom stereocenters. The van der Waals surface area contributed by atoms with Gasteiger partial charge in [-0.15, -0.1) is 0 Å². The van der Waals surface area contributed by atoms with E-state index in [1.807, 2.05) is 0 Å². The van der Waals surface area contributed by atoms with Gasteiger partial charge in [0.2, 0.25) is 5.91 Å². The second-order valence-electron chi connectivity index (χ2n) is 5.58. The van der Waals surface area contributed by atoms with Gasteiger partial charge in [0, 0.05) is 16.0 Å². The largest absolute Gasteiger partial charge is 0.467 e. The van der Waals surface area contributed by atoms with Crippen molar-refractivity contribution < 1.29 is 14.0 Å². The molecule has 1 unspecified atom stereocenters. The van der Waals surface area contributed by atoms with Gasteiger partial charge in [-0.3, -0.25) is 9.59 Å². The van der Waals surface area contributed by atoms with Gasteiger partial charge in [-0.05, 0) is 59.1 Å². The third kappa shape index (κ3) is 3.65. The van der Waals surface area contributed by atoms with Crippen LogP contribution in [0.1, 0.15) is 29.0 Å². The van der Waals surface area contributed by atoms with Crippen molar-refractivity contribution in [2.45, 2.75) is 25.4 Å². The Morgan fingerprint density at radius 1 is 1.38 bits per heavy atom. The number of likely N-dealkylation sites (tertiary alicyclic amines) is 1. The van der Waals surface area contributed by atoms with Gasteiger partial charge in [-0.1, -0.05) is 11.6 Å². The standard InChI is InChI=1S/C17H16BrClN2O3/c18-14-6-5-11(19)9-13(14)17(23)21-7-1-4-15(21)16(22)20-10-12-3-2-8-24-12/h2-3,5-6,8-9,15H,1,4,7,10H2,(H,20,22). The van der Waals surface area contributed by atoms with Gasteiger partial charge in [-0.25, -0.2) is 0 Å². The summed E-state index contributed by atoms with van der Waals surface area (Å²) in [5.74, 6) is 0.312. The van der Waals surface area contributed by atoms with Crippen LogP contribution in [0.25, 0.3) is 0 Å². The van der Waals surface area contributed by atoms with E-state index in [0.717, 1.165) is 6.42 Å². The van der Waals surface area contributed by atoms with Gasteiger partial charge in [0.1, 0.15) is 11.8 Å². The summed E-state index contributed by atoms with van der Waals surface area (Å²) in [5.41, 5.74) is 0.466. The van der Waals surface area contributed by atoms with Crippen molar-refractivity contribution in [2.24, 2.45) is 0 Å². The zero-order valence-electron chi connectivity index (χ0n) is 12.8. The van der Waals surface area contributed by atoms with Crippen LogP contribution in [0.2, 0.25) is 5.02 Å². The van der Waals surface area contributed by atoms with Gasteiger partial charge < -0.3 is 14.6 Å². The summed E-state index contributed by atoms with van der Waals surface area (Å²) in [6.07, 6.45) is 3.00. The third-order valence-corrected chi connectivity index (χ3v) is 4.92. The Morgan fingerprint density at radius 3 is 2.96 bits per heavy atom. The lowest BCUT2D eigenvalue weighted by atomic mass is 10.1. The van der Waals surface area contributed by atoms with Crippen LogP contribution in [0, 0.1) is 0 Å². The molecule has 7 heteroatoms. The predicted molar refractivity (Wildman–Crippen MR) is 93.8 cm³/mol. The number of benzene rings is 1. The maximum absolute atomic E-state index is 12.8. The molecule has 126 valence electrons. The molecule has 1 aromatic carbocycles. The van der Waals surface area contributed by atoms with Gasteiger partial charge in [0.15, 0.2) is 0 Å². The number of carbonyl (C=O) groups is 2. The Kier molecular flexibility index (Phi) is 5.26. The second-order valence-corrected chi connectivity index (χ2v) is 6.87. The maximum Gasteiger partial charge on any atom is 0.255 e. The van der Waals surface area contributed by atoms with E-state index >= 15 is 0 Å². The van der Waals surface area contributed by atoms with Gasteiger partial charge >= 0.3 is 0 Å². The van der Waals surface area contributed by atoms with Crippen molar-refractivity contribution in [1.82, 2.24) is 10.2 Å². The summed E-state index contributed by atoms with van der Waals surface area (Å²) in [6, 6.07) is 8.14. The van der Waals surface area contributed by atoms with Crippen molar-refractivity contribution in [3.63, 3.8) is 0 Å². The Morgan fingerprint density at radius 2 is 2.21 bits per heavy atom. The molecule has 0 aliphatic carbocycles. The molecule has 2 aromatic rings. The van der Waals surface area contributed by atoms with Crippen LogP contribution in [0.3, 0.4) is 0 Å². The fourth-order valence-electron chi connectivity index (χ4n) is 2.80. The number of carbonyl (C=O) groups excluding carboxylic acids is 2. The number of nitrogens with zero attached hydrogens (tertiary/aromatic N) is 1. The molecule has 0 radical (unpaired) electrons. The summed E-state index contributed by atoms with van der Waals surface area (Å²) < 4.78 is 5.87. The molecule has 24 heavy (non-hydrogen) atoms. The highest BCUT2D eigenvalue weighted by Gasteiger charge is 2.35. The molecule has 1 N–H and O–H groups in total.